The summed E-state index contributed by atoms with van der Waals surface area (Å²) in [6.07, 6.45) is 8.00. The number of aliphatic hydroxyl groups is 1. The Morgan fingerprint density at radius 1 is 0.854 bits per heavy atom. The minimum absolute atomic E-state index is 0.230. The normalized spacial score (nSPS) is 15.2. The minimum atomic E-state index is -0.546. The highest BCUT2D eigenvalue weighted by atomic mass is 16.5. The van der Waals surface area contributed by atoms with Gasteiger partial charge in [0.15, 0.2) is 11.5 Å². The van der Waals surface area contributed by atoms with Gasteiger partial charge in [0, 0.05) is 25.7 Å². The fourth-order valence-corrected chi connectivity index (χ4v) is 5.04. The van der Waals surface area contributed by atoms with Crippen molar-refractivity contribution in [3.05, 3.63) is 113 Å². The van der Waals surface area contributed by atoms with Crippen LogP contribution in [-0.2, 0) is 0 Å². The van der Waals surface area contributed by atoms with Crippen molar-refractivity contribution in [2.75, 3.05) is 39.9 Å². The third-order valence-corrected chi connectivity index (χ3v) is 7.25. The fraction of sp³-hybridized carbons (Fsp3) is 0.333. The van der Waals surface area contributed by atoms with E-state index in [1.165, 1.54) is 40.7 Å². The van der Waals surface area contributed by atoms with Crippen molar-refractivity contribution in [3.8, 4) is 11.5 Å². The molecular formula is C36H44N2O3. The molecule has 5 rings (SSSR count). The molecule has 1 aliphatic heterocycles. The van der Waals surface area contributed by atoms with Crippen LogP contribution in [0.15, 0.2) is 91.0 Å². The van der Waals surface area contributed by atoms with E-state index in [4.69, 9.17) is 9.47 Å². The highest BCUT2D eigenvalue weighted by Crippen LogP contribution is 2.38. The van der Waals surface area contributed by atoms with Crippen molar-refractivity contribution < 1.29 is 14.6 Å². The van der Waals surface area contributed by atoms with E-state index in [0.29, 0.717) is 30.7 Å². The zero-order valence-corrected chi connectivity index (χ0v) is 24.7. The van der Waals surface area contributed by atoms with Crippen molar-refractivity contribution in [1.29, 1.82) is 0 Å². The Morgan fingerprint density at radius 3 is 1.95 bits per heavy atom. The van der Waals surface area contributed by atoms with Crippen molar-refractivity contribution in [1.82, 2.24) is 10.2 Å². The fourth-order valence-electron chi connectivity index (χ4n) is 5.04. The van der Waals surface area contributed by atoms with Crippen LogP contribution in [0.5, 0.6) is 11.5 Å². The van der Waals surface area contributed by atoms with Crippen LogP contribution in [-0.4, -0.2) is 62.0 Å². The van der Waals surface area contributed by atoms with E-state index in [1.807, 2.05) is 38.1 Å². The number of piperidine rings is 1. The molecule has 0 saturated carbocycles. The Morgan fingerprint density at radius 2 is 1.39 bits per heavy atom. The second kappa shape index (κ2) is 15.4. The molecule has 2 N–H and O–H groups in total. The van der Waals surface area contributed by atoms with Crippen LogP contribution in [0.2, 0.25) is 0 Å². The molecule has 41 heavy (non-hydrogen) atoms. The van der Waals surface area contributed by atoms with Crippen LogP contribution in [0.4, 0.5) is 0 Å². The summed E-state index contributed by atoms with van der Waals surface area (Å²) in [5.74, 6) is 1.29. The number of nitrogens with zero attached hydrogens (tertiary/aromatic N) is 1. The van der Waals surface area contributed by atoms with E-state index in [2.05, 4.69) is 84.5 Å². The molecule has 2 aliphatic rings. The molecule has 1 saturated heterocycles. The lowest BCUT2D eigenvalue weighted by atomic mass is 9.86. The molecule has 0 spiro atoms. The van der Waals surface area contributed by atoms with Gasteiger partial charge >= 0.3 is 0 Å². The Kier molecular flexibility index (Phi) is 11.4. The summed E-state index contributed by atoms with van der Waals surface area (Å²) in [4.78, 5) is 2.43. The lowest BCUT2D eigenvalue weighted by Gasteiger charge is -2.27. The standard InChI is InChI=1S/C21H21N.C15H23NO3/c1-22-14-12-18(13-15-22)21-19-8-4-2-6-16(19)10-11-17-7-3-5-9-20(17)21;1-4-9-18-14-7-5-6-8-15(14)19-11-13(17)10-16-12(2)3/h2-11H,12-15H2,1H3;4-8,12-13,16-17H,1,9-11H2,2-3H3. The van der Waals surface area contributed by atoms with Crippen LogP contribution in [0, 0.1) is 0 Å². The first-order valence-electron chi connectivity index (χ1n) is 14.6. The SMILES string of the molecule is C=CCOc1ccccc1OCC(O)CNC(C)C.CN1CCC(=C2c3ccccc3C=Cc3ccccc32)CC1. The van der Waals surface area contributed by atoms with Crippen LogP contribution < -0.4 is 14.8 Å². The first kappa shape index (κ1) is 30.3. The quantitative estimate of drug-likeness (QED) is 0.227. The number of likely N-dealkylation sites (tertiary alicyclic amines) is 1. The van der Waals surface area contributed by atoms with Crippen LogP contribution in [0.3, 0.4) is 0 Å². The average Bonchev–Trinajstić information content (AvgIpc) is 3.16. The number of ether oxygens (including phenoxy) is 2. The van der Waals surface area contributed by atoms with Crippen molar-refractivity contribution in [2.45, 2.75) is 38.8 Å². The van der Waals surface area contributed by atoms with Gasteiger partial charge in [0.05, 0.1) is 0 Å². The molecule has 1 fully saturated rings. The van der Waals surface area contributed by atoms with E-state index >= 15 is 0 Å². The number of nitrogens with one attached hydrogen (secondary N) is 1. The maximum atomic E-state index is 9.78. The minimum Gasteiger partial charge on any atom is -0.487 e. The summed E-state index contributed by atoms with van der Waals surface area (Å²) in [7, 11) is 2.22. The zero-order chi connectivity index (χ0) is 29.0. The number of para-hydroxylation sites is 2. The summed E-state index contributed by atoms with van der Waals surface area (Å²) in [5.41, 5.74) is 8.54. The van der Waals surface area contributed by atoms with E-state index < -0.39 is 6.10 Å². The molecular weight excluding hydrogens is 508 g/mol. The van der Waals surface area contributed by atoms with E-state index in [0.717, 1.165) is 13.1 Å². The monoisotopic (exact) mass is 552 g/mol. The van der Waals surface area contributed by atoms with Crippen molar-refractivity contribution >= 4 is 17.7 Å². The number of benzene rings is 3. The van der Waals surface area contributed by atoms with Gasteiger partial charge in [0.1, 0.15) is 19.3 Å². The van der Waals surface area contributed by atoms with Crippen molar-refractivity contribution in [2.24, 2.45) is 0 Å². The molecule has 5 heteroatoms. The number of hydrogen-bond donors (Lipinski definition) is 2. The number of fused-ring (bicyclic) bond motifs is 2. The molecule has 1 unspecified atom stereocenters. The van der Waals surface area contributed by atoms with E-state index in [1.54, 1.807) is 11.6 Å². The molecule has 3 aromatic rings. The molecule has 5 nitrogen and oxygen atoms in total. The van der Waals surface area contributed by atoms with Gasteiger partial charge in [-0.2, -0.15) is 0 Å². The number of rotatable bonds is 9. The van der Waals surface area contributed by atoms with Gasteiger partial charge < -0.3 is 24.8 Å². The molecule has 1 atom stereocenters. The first-order valence-corrected chi connectivity index (χ1v) is 14.6. The molecule has 0 bridgehead atoms. The second-order valence-corrected chi connectivity index (χ2v) is 10.9. The van der Waals surface area contributed by atoms with Gasteiger partial charge in [-0.05, 0) is 59.8 Å². The largest absolute Gasteiger partial charge is 0.487 e. The van der Waals surface area contributed by atoms with Crippen LogP contribution >= 0.6 is 0 Å². The number of hydrogen-bond acceptors (Lipinski definition) is 5. The lowest BCUT2D eigenvalue weighted by molar-refractivity contribution is 0.102. The summed E-state index contributed by atoms with van der Waals surface area (Å²) >= 11 is 0. The van der Waals surface area contributed by atoms with Crippen LogP contribution in [0.25, 0.3) is 17.7 Å². The molecule has 0 radical (unpaired) electrons. The Labute approximate surface area is 245 Å². The Hall–Kier alpha value is -3.64. The van der Waals surface area contributed by atoms with E-state index in [9.17, 15) is 5.11 Å². The summed E-state index contributed by atoms with van der Waals surface area (Å²) < 4.78 is 11.1. The maximum absolute atomic E-state index is 9.78. The molecule has 3 aromatic carbocycles. The van der Waals surface area contributed by atoms with Gasteiger partial charge in [0.25, 0.3) is 0 Å². The predicted molar refractivity (Wildman–Crippen MR) is 171 cm³/mol. The highest BCUT2D eigenvalue weighted by Gasteiger charge is 2.21. The summed E-state index contributed by atoms with van der Waals surface area (Å²) in [6, 6.07) is 25.4. The van der Waals surface area contributed by atoms with Gasteiger partial charge in [-0.3, -0.25) is 0 Å². The third kappa shape index (κ3) is 8.67. The molecule has 1 aliphatic carbocycles. The Bertz CT molecular complexity index is 1280. The maximum Gasteiger partial charge on any atom is 0.161 e. The highest BCUT2D eigenvalue weighted by molar-refractivity contribution is 5.94. The first-order chi connectivity index (χ1) is 20.0. The Balaban J connectivity index is 0.000000192. The molecule has 216 valence electrons. The van der Waals surface area contributed by atoms with Crippen molar-refractivity contribution in [3.63, 3.8) is 0 Å². The van der Waals surface area contributed by atoms with Gasteiger partial charge in [-0.15, -0.1) is 0 Å². The second-order valence-electron chi connectivity index (χ2n) is 10.9. The predicted octanol–water partition coefficient (Wildman–Crippen LogP) is 6.69. The molecule has 0 aromatic heterocycles. The summed E-state index contributed by atoms with van der Waals surface area (Å²) in [6.45, 7) is 11.2. The van der Waals surface area contributed by atoms with Gasteiger partial charge in [0.2, 0.25) is 0 Å². The van der Waals surface area contributed by atoms with E-state index in [-0.39, 0.29) is 6.61 Å². The van der Waals surface area contributed by atoms with Gasteiger partial charge in [-0.25, -0.2) is 0 Å². The third-order valence-electron chi connectivity index (χ3n) is 7.25. The molecule has 0 amide bonds. The smallest absolute Gasteiger partial charge is 0.161 e. The molecule has 1 heterocycles. The number of aliphatic hydroxyl groups excluding tert-OH is 1. The van der Waals surface area contributed by atoms with Gasteiger partial charge in [-0.1, -0.05) is 105 Å². The summed E-state index contributed by atoms with van der Waals surface area (Å²) in [5, 5.41) is 12.9. The van der Waals surface area contributed by atoms with Crippen LogP contribution in [0.1, 0.15) is 48.9 Å². The zero-order valence-electron chi connectivity index (χ0n) is 24.7. The topological polar surface area (TPSA) is 54.0 Å². The average molecular weight is 553 g/mol. The lowest BCUT2D eigenvalue weighted by Crippen LogP contribution is -2.35.